The fraction of sp³-hybridized carbons (Fsp3) is 0.355. The molecule has 0 aliphatic carbocycles. The maximum atomic E-state index is 13.9. The van der Waals surface area contributed by atoms with Crippen LogP contribution in [0.5, 0.6) is 0 Å². The first-order valence-corrected chi connectivity index (χ1v) is 15.2. The van der Waals surface area contributed by atoms with Crippen LogP contribution < -0.4 is 9.62 Å². The van der Waals surface area contributed by atoms with Gasteiger partial charge in [0.2, 0.25) is 11.8 Å². The highest BCUT2D eigenvalue weighted by Crippen LogP contribution is 2.28. The van der Waals surface area contributed by atoms with Crippen LogP contribution in [0.15, 0.2) is 77.7 Å². The number of carbonyl (C=O) groups is 2. The SMILES string of the molecule is CCC(C)NC(=O)C(C)N(CCc1ccccc1)C(=O)CN(c1ccc(C)c(Cl)c1)S(=O)(=O)c1ccc(C)cc1. The van der Waals surface area contributed by atoms with E-state index in [1.807, 2.05) is 58.0 Å². The van der Waals surface area contributed by atoms with E-state index in [0.717, 1.165) is 27.4 Å². The summed E-state index contributed by atoms with van der Waals surface area (Å²) in [6, 6.07) is 20.1. The maximum Gasteiger partial charge on any atom is 0.264 e. The lowest BCUT2D eigenvalue weighted by Crippen LogP contribution is -2.53. The lowest BCUT2D eigenvalue weighted by atomic mass is 10.1. The van der Waals surface area contributed by atoms with Gasteiger partial charge in [0, 0.05) is 17.6 Å². The quantitative estimate of drug-likeness (QED) is 0.304. The Bertz CT molecular complexity index is 1410. The van der Waals surface area contributed by atoms with Crippen molar-refractivity contribution in [1.82, 2.24) is 10.2 Å². The molecule has 3 aromatic carbocycles. The molecule has 0 saturated heterocycles. The Balaban J connectivity index is 2.00. The molecule has 3 aromatic rings. The molecule has 2 atom stereocenters. The smallest absolute Gasteiger partial charge is 0.264 e. The van der Waals surface area contributed by atoms with E-state index in [2.05, 4.69) is 5.32 Å². The Morgan fingerprint density at radius 2 is 1.60 bits per heavy atom. The van der Waals surface area contributed by atoms with E-state index < -0.39 is 28.5 Å². The largest absolute Gasteiger partial charge is 0.352 e. The number of halogens is 1. The number of amides is 2. The normalized spacial score (nSPS) is 12.8. The predicted octanol–water partition coefficient (Wildman–Crippen LogP) is 5.53. The number of nitrogens with zero attached hydrogens (tertiary/aromatic N) is 2. The van der Waals surface area contributed by atoms with Gasteiger partial charge in [-0.05, 0) is 75.9 Å². The Morgan fingerprint density at radius 3 is 2.20 bits per heavy atom. The number of sulfonamides is 1. The first-order valence-electron chi connectivity index (χ1n) is 13.4. The molecule has 0 radical (unpaired) electrons. The molecular weight excluding hydrogens is 546 g/mol. The molecule has 3 rings (SSSR count). The van der Waals surface area contributed by atoms with E-state index in [9.17, 15) is 18.0 Å². The number of hydrogen-bond donors (Lipinski definition) is 1. The third-order valence-corrected chi connectivity index (χ3v) is 9.18. The van der Waals surface area contributed by atoms with Gasteiger partial charge in [0.1, 0.15) is 12.6 Å². The molecule has 0 aromatic heterocycles. The summed E-state index contributed by atoms with van der Waals surface area (Å²) in [5, 5.41) is 3.33. The molecule has 0 bridgehead atoms. The van der Waals surface area contributed by atoms with Gasteiger partial charge < -0.3 is 10.2 Å². The number of anilines is 1. The van der Waals surface area contributed by atoms with E-state index >= 15 is 0 Å². The fourth-order valence-corrected chi connectivity index (χ4v) is 5.72. The molecule has 0 spiro atoms. The maximum absolute atomic E-state index is 13.9. The summed E-state index contributed by atoms with van der Waals surface area (Å²) in [7, 11) is -4.14. The second-order valence-electron chi connectivity index (χ2n) is 10.1. The third kappa shape index (κ3) is 7.86. The summed E-state index contributed by atoms with van der Waals surface area (Å²) in [5.41, 5.74) is 2.96. The van der Waals surface area contributed by atoms with E-state index in [4.69, 9.17) is 11.6 Å². The van der Waals surface area contributed by atoms with Crippen molar-refractivity contribution in [3.8, 4) is 0 Å². The van der Waals surface area contributed by atoms with Crippen LogP contribution in [0.25, 0.3) is 0 Å². The lowest BCUT2D eigenvalue weighted by molar-refractivity contribution is -0.139. The van der Waals surface area contributed by atoms with Crippen LogP contribution in [0, 0.1) is 13.8 Å². The second kappa shape index (κ2) is 13.8. The summed E-state index contributed by atoms with van der Waals surface area (Å²) in [5.74, 6) is -0.780. The van der Waals surface area contributed by atoms with Crippen LogP contribution in [0.3, 0.4) is 0 Å². The molecular formula is C31H38ClN3O4S. The van der Waals surface area contributed by atoms with E-state index in [0.29, 0.717) is 11.4 Å². The Kier molecular flexibility index (Phi) is 10.8. The van der Waals surface area contributed by atoms with Crippen molar-refractivity contribution in [3.63, 3.8) is 0 Å². The van der Waals surface area contributed by atoms with E-state index in [-0.39, 0.29) is 29.1 Å². The van der Waals surface area contributed by atoms with Crippen molar-refractivity contribution in [2.75, 3.05) is 17.4 Å². The second-order valence-corrected chi connectivity index (χ2v) is 12.3. The topological polar surface area (TPSA) is 86.8 Å². The number of benzene rings is 3. The first kappa shape index (κ1) is 31.2. The van der Waals surface area contributed by atoms with Crippen LogP contribution in [0.1, 0.15) is 43.9 Å². The minimum atomic E-state index is -4.14. The Labute approximate surface area is 243 Å². The predicted molar refractivity (Wildman–Crippen MR) is 161 cm³/mol. The average molecular weight is 584 g/mol. The van der Waals surface area contributed by atoms with Crippen LogP contribution >= 0.6 is 11.6 Å². The zero-order chi connectivity index (χ0) is 29.4. The molecule has 2 amide bonds. The van der Waals surface area contributed by atoms with Gasteiger partial charge in [-0.25, -0.2) is 8.42 Å². The molecule has 7 nitrogen and oxygen atoms in total. The average Bonchev–Trinajstić information content (AvgIpc) is 2.93. The number of carbonyl (C=O) groups excluding carboxylic acids is 2. The van der Waals surface area contributed by atoms with Crippen LogP contribution in [0.2, 0.25) is 5.02 Å². The molecule has 1 N–H and O–H groups in total. The Morgan fingerprint density at radius 1 is 0.950 bits per heavy atom. The van der Waals surface area contributed by atoms with Gasteiger partial charge in [-0.15, -0.1) is 0 Å². The summed E-state index contributed by atoms with van der Waals surface area (Å²) < 4.78 is 28.9. The number of hydrogen-bond acceptors (Lipinski definition) is 4. The van der Waals surface area contributed by atoms with Crippen molar-refractivity contribution in [1.29, 1.82) is 0 Å². The number of aryl methyl sites for hydroxylation is 2. The third-order valence-electron chi connectivity index (χ3n) is 6.98. The molecule has 0 fully saturated rings. The highest BCUT2D eigenvalue weighted by atomic mass is 35.5. The van der Waals surface area contributed by atoms with Gasteiger partial charge in [-0.3, -0.25) is 13.9 Å². The zero-order valence-electron chi connectivity index (χ0n) is 23.7. The highest BCUT2D eigenvalue weighted by Gasteiger charge is 2.32. The minimum absolute atomic E-state index is 0.0565. The molecule has 0 aliphatic heterocycles. The van der Waals surface area contributed by atoms with Gasteiger partial charge in [-0.2, -0.15) is 0 Å². The monoisotopic (exact) mass is 583 g/mol. The van der Waals surface area contributed by atoms with Gasteiger partial charge in [0.25, 0.3) is 10.0 Å². The molecule has 9 heteroatoms. The van der Waals surface area contributed by atoms with Gasteiger partial charge in [-0.1, -0.05) is 72.6 Å². The standard InChI is InChI=1S/C31H38ClN3O4S/c1-6-24(4)33-31(37)25(5)34(19-18-26-10-8-7-9-11-26)30(36)21-35(27-15-14-23(3)29(32)20-27)40(38,39)28-16-12-22(2)13-17-28/h7-17,20,24-25H,6,18-19,21H2,1-5H3,(H,33,37). The summed E-state index contributed by atoms with van der Waals surface area (Å²) >= 11 is 6.38. The van der Waals surface area contributed by atoms with E-state index in [1.54, 1.807) is 37.3 Å². The number of rotatable bonds is 12. The number of nitrogens with one attached hydrogen (secondary N) is 1. The molecule has 0 heterocycles. The van der Waals surface area contributed by atoms with Gasteiger partial charge >= 0.3 is 0 Å². The molecule has 40 heavy (non-hydrogen) atoms. The van der Waals surface area contributed by atoms with Crippen molar-refractivity contribution in [3.05, 3.63) is 94.5 Å². The summed E-state index contributed by atoms with van der Waals surface area (Å²) in [6.45, 7) is 8.97. The summed E-state index contributed by atoms with van der Waals surface area (Å²) in [6.07, 6.45) is 1.25. The van der Waals surface area contributed by atoms with Crippen molar-refractivity contribution >= 4 is 39.1 Å². The molecule has 0 aliphatic rings. The highest BCUT2D eigenvalue weighted by molar-refractivity contribution is 7.92. The Hall–Kier alpha value is -3.36. The molecule has 214 valence electrons. The molecule has 0 saturated carbocycles. The van der Waals surface area contributed by atoms with Gasteiger partial charge in [0.15, 0.2) is 0 Å². The summed E-state index contributed by atoms with van der Waals surface area (Å²) in [4.78, 5) is 28.6. The van der Waals surface area contributed by atoms with Crippen molar-refractivity contribution < 1.29 is 18.0 Å². The van der Waals surface area contributed by atoms with Crippen LogP contribution in [0.4, 0.5) is 5.69 Å². The first-order chi connectivity index (χ1) is 18.9. The zero-order valence-corrected chi connectivity index (χ0v) is 25.3. The minimum Gasteiger partial charge on any atom is -0.352 e. The van der Waals surface area contributed by atoms with Crippen LogP contribution in [-0.2, 0) is 26.0 Å². The van der Waals surface area contributed by atoms with E-state index in [1.165, 1.54) is 17.0 Å². The van der Waals surface area contributed by atoms with Crippen LogP contribution in [-0.4, -0.2) is 50.3 Å². The molecule has 2 unspecified atom stereocenters. The van der Waals surface area contributed by atoms with Crippen molar-refractivity contribution in [2.45, 2.75) is 64.4 Å². The van der Waals surface area contributed by atoms with Gasteiger partial charge in [0.05, 0.1) is 10.6 Å². The van der Waals surface area contributed by atoms with Crippen molar-refractivity contribution in [2.24, 2.45) is 0 Å². The lowest BCUT2D eigenvalue weighted by Gasteiger charge is -2.32. The fourth-order valence-electron chi connectivity index (χ4n) is 4.14.